The van der Waals surface area contributed by atoms with Gasteiger partial charge in [0.2, 0.25) is 11.7 Å². The van der Waals surface area contributed by atoms with Crippen LogP contribution in [0.25, 0.3) is 0 Å². The first-order valence-electron chi connectivity index (χ1n) is 8.12. The molecule has 1 N–H and O–H groups in total. The first kappa shape index (κ1) is 16.4. The predicted molar refractivity (Wildman–Crippen MR) is 82.2 cm³/mol. The van der Waals surface area contributed by atoms with Crippen LogP contribution in [0.4, 0.5) is 0 Å². The van der Waals surface area contributed by atoms with Gasteiger partial charge in [0.05, 0.1) is 5.92 Å². The second-order valence-corrected chi connectivity index (χ2v) is 6.43. The molecule has 1 aromatic heterocycles. The van der Waals surface area contributed by atoms with Crippen molar-refractivity contribution < 1.29 is 9.26 Å². The molecule has 2 rings (SSSR count). The molecule has 0 aromatic carbocycles. The van der Waals surface area contributed by atoms with Crippen molar-refractivity contribution in [1.29, 1.82) is 0 Å². The van der Waals surface area contributed by atoms with E-state index in [9.17, 15) is 0 Å². The zero-order chi connectivity index (χ0) is 15.5. The minimum atomic E-state index is -0.352. The Hall–Kier alpha value is -0.940. The molecule has 5 nitrogen and oxygen atoms in total. The SMILES string of the molecule is CCC(c1nc(C2(OC)CCC(C)CC2)no1)C(C)NC. The quantitative estimate of drug-likeness (QED) is 0.873. The average Bonchev–Trinajstić information content (AvgIpc) is 2.99. The molecule has 21 heavy (non-hydrogen) atoms. The number of likely N-dealkylation sites (N-methyl/N-ethyl adjacent to an activating group) is 1. The van der Waals surface area contributed by atoms with Crippen LogP contribution in [0.2, 0.25) is 0 Å². The van der Waals surface area contributed by atoms with E-state index in [2.05, 4.69) is 31.2 Å². The van der Waals surface area contributed by atoms with Crippen LogP contribution >= 0.6 is 0 Å². The summed E-state index contributed by atoms with van der Waals surface area (Å²) in [6.45, 7) is 6.59. The van der Waals surface area contributed by atoms with E-state index in [1.165, 1.54) is 0 Å². The Morgan fingerprint density at radius 2 is 2.10 bits per heavy atom. The topological polar surface area (TPSA) is 60.2 Å². The Morgan fingerprint density at radius 1 is 1.43 bits per heavy atom. The monoisotopic (exact) mass is 295 g/mol. The van der Waals surface area contributed by atoms with E-state index in [0.29, 0.717) is 6.04 Å². The van der Waals surface area contributed by atoms with Crippen LogP contribution in [-0.4, -0.2) is 30.3 Å². The number of rotatable bonds is 6. The third-order valence-electron chi connectivity index (χ3n) is 5.14. The molecule has 1 aromatic rings. The fourth-order valence-corrected chi connectivity index (χ4v) is 3.26. The summed E-state index contributed by atoms with van der Waals surface area (Å²) >= 11 is 0. The lowest BCUT2D eigenvalue weighted by Crippen LogP contribution is -2.34. The maximum atomic E-state index is 5.83. The first-order valence-corrected chi connectivity index (χ1v) is 8.12. The van der Waals surface area contributed by atoms with Crippen LogP contribution in [0, 0.1) is 5.92 Å². The molecule has 1 aliphatic rings. The van der Waals surface area contributed by atoms with E-state index in [1.54, 1.807) is 7.11 Å². The highest BCUT2D eigenvalue weighted by atomic mass is 16.5. The molecule has 120 valence electrons. The van der Waals surface area contributed by atoms with Crippen molar-refractivity contribution in [3.63, 3.8) is 0 Å². The second-order valence-electron chi connectivity index (χ2n) is 6.43. The molecule has 0 saturated heterocycles. The van der Waals surface area contributed by atoms with E-state index in [0.717, 1.165) is 49.7 Å². The summed E-state index contributed by atoms with van der Waals surface area (Å²) in [5.74, 6) is 2.46. The molecule has 1 saturated carbocycles. The second kappa shape index (κ2) is 6.88. The molecule has 5 heteroatoms. The van der Waals surface area contributed by atoms with Crippen molar-refractivity contribution in [2.45, 2.75) is 70.4 Å². The highest BCUT2D eigenvalue weighted by molar-refractivity contribution is 5.06. The van der Waals surface area contributed by atoms with Crippen LogP contribution in [0.1, 0.15) is 70.5 Å². The molecule has 0 spiro atoms. The number of nitrogens with zero attached hydrogens (tertiary/aromatic N) is 2. The Labute approximate surface area is 127 Å². The number of methoxy groups -OCH3 is 1. The summed E-state index contributed by atoms with van der Waals surface area (Å²) in [7, 11) is 3.73. The number of hydrogen-bond donors (Lipinski definition) is 1. The Kier molecular flexibility index (Phi) is 5.38. The number of nitrogens with one attached hydrogen (secondary N) is 1. The average molecular weight is 295 g/mol. The van der Waals surface area contributed by atoms with Gasteiger partial charge in [-0.05, 0) is 52.0 Å². The minimum absolute atomic E-state index is 0.243. The van der Waals surface area contributed by atoms with Crippen LogP contribution in [0.3, 0.4) is 0 Å². The Bertz CT molecular complexity index is 438. The zero-order valence-corrected chi connectivity index (χ0v) is 14.0. The summed E-state index contributed by atoms with van der Waals surface area (Å²) in [6, 6.07) is 0.313. The Morgan fingerprint density at radius 3 is 2.62 bits per heavy atom. The molecule has 1 aliphatic carbocycles. The van der Waals surface area contributed by atoms with Gasteiger partial charge in [0.1, 0.15) is 5.60 Å². The smallest absolute Gasteiger partial charge is 0.231 e. The highest BCUT2D eigenvalue weighted by Gasteiger charge is 2.40. The summed E-state index contributed by atoms with van der Waals surface area (Å²) in [5, 5.41) is 7.53. The number of aromatic nitrogens is 2. The minimum Gasteiger partial charge on any atom is -0.370 e. The Balaban J connectivity index is 2.21. The molecule has 0 aliphatic heterocycles. The van der Waals surface area contributed by atoms with Crippen LogP contribution < -0.4 is 5.32 Å². The van der Waals surface area contributed by atoms with Gasteiger partial charge in [0, 0.05) is 13.2 Å². The molecular weight excluding hydrogens is 266 g/mol. The molecule has 1 fully saturated rings. The molecule has 0 radical (unpaired) electrons. The van der Waals surface area contributed by atoms with E-state index >= 15 is 0 Å². The van der Waals surface area contributed by atoms with Crippen LogP contribution in [0.15, 0.2) is 4.52 Å². The van der Waals surface area contributed by atoms with Crippen molar-refractivity contribution in [3.8, 4) is 0 Å². The maximum absolute atomic E-state index is 5.83. The summed E-state index contributed by atoms with van der Waals surface area (Å²) < 4.78 is 11.4. The fraction of sp³-hybridized carbons (Fsp3) is 0.875. The van der Waals surface area contributed by atoms with Gasteiger partial charge in [-0.15, -0.1) is 0 Å². The highest BCUT2D eigenvalue weighted by Crippen LogP contribution is 2.41. The molecule has 0 amide bonds. The summed E-state index contributed by atoms with van der Waals surface area (Å²) in [4.78, 5) is 4.70. The van der Waals surface area contributed by atoms with Crippen LogP contribution in [-0.2, 0) is 10.3 Å². The molecule has 1 heterocycles. The lowest BCUT2D eigenvalue weighted by atomic mass is 9.79. The molecule has 2 atom stereocenters. The van der Waals surface area contributed by atoms with Gasteiger partial charge < -0.3 is 14.6 Å². The lowest BCUT2D eigenvalue weighted by molar-refractivity contribution is -0.0609. The van der Waals surface area contributed by atoms with E-state index < -0.39 is 0 Å². The van der Waals surface area contributed by atoms with Crippen molar-refractivity contribution in [2.24, 2.45) is 5.92 Å². The number of hydrogen-bond acceptors (Lipinski definition) is 5. The maximum Gasteiger partial charge on any atom is 0.231 e. The largest absolute Gasteiger partial charge is 0.370 e. The normalized spacial score (nSPS) is 29.3. The van der Waals surface area contributed by atoms with Gasteiger partial charge in [0.25, 0.3) is 0 Å². The van der Waals surface area contributed by atoms with Crippen molar-refractivity contribution in [3.05, 3.63) is 11.7 Å². The zero-order valence-electron chi connectivity index (χ0n) is 14.0. The van der Waals surface area contributed by atoms with Gasteiger partial charge in [0.15, 0.2) is 0 Å². The van der Waals surface area contributed by atoms with Gasteiger partial charge in [-0.25, -0.2) is 0 Å². The summed E-state index contributed by atoms with van der Waals surface area (Å²) in [5.41, 5.74) is -0.352. The number of ether oxygens (including phenoxy) is 1. The van der Waals surface area contributed by atoms with Crippen LogP contribution in [0.5, 0.6) is 0 Å². The van der Waals surface area contributed by atoms with Gasteiger partial charge in [-0.3, -0.25) is 0 Å². The third kappa shape index (κ3) is 3.29. The van der Waals surface area contributed by atoms with Crippen molar-refractivity contribution in [1.82, 2.24) is 15.5 Å². The summed E-state index contributed by atoms with van der Waals surface area (Å²) in [6.07, 6.45) is 5.23. The first-order chi connectivity index (χ1) is 10.1. The van der Waals surface area contributed by atoms with E-state index in [4.69, 9.17) is 14.2 Å². The molecular formula is C16H29N3O2. The van der Waals surface area contributed by atoms with Crippen molar-refractivity contribution >= 4 is 0 Å². The van der Waals surface area contributed by atoms with Gasteiger partial charge in [-0.2, -0.15) is 4.98 Å². The third-order valence-corrected chi connectivity index (χ3v) is 5.14. The molecule has 0 bridgehead atoms. The van der Waals surface area contributed by atoms with Gasteiger partial charge >= 0.3 is 0 Å². The standard InChI is InChI=1S/C16H29N3O2/c1-6-13(12(3)17-4)14-18-15(19-21-14)16(20-5)9-7-11(2)8-10-16/h11-13,17H,6-10H2,1-5H3. The van der Waals surface area contributed by atoms with E-state index in [-0.39, 0.29) is 11.5 Å². The lowest BCUT2D eigenvalue weighted by Gasteiger charge is -2.35. The predicted octanol–water partition coefficient (Wildman–Crippen LogP) is 3.22. The van der Waals surface area contributed by atoms with Crippen molar-refractivity contribution in [2.75, 3.05) is 14.2 Å². The molecule has 2 unspecified atom stereocenters. The van der Waals surface area contributed by atoms with E-state index in [1.807, 2.05) is 7.05 Å². The van der Waals surface area contributed by atoms with Gasteiger partial charge in [-0.1, -0.05) is 19.0 Å². The fourth-order valence-electron chi connectivity index (χ4n) is 3.26.